The number of aliphatic hydroxyl groups is 2. The van der Waals surface area contributed by atoms with Gasteiger partial charge >= 0.3 is 14.7 Å². The van der Waals surface area contributed by atoms with Crippen LogP contribution >= 0.6 is 27.0 Å². The number of H-pyrrole nitrogens is 1. The number of aliphatic hydroxyl groups excluding tert-OH is 2. The third-order valence-electron chi connectivity index (χ3n) is 7.61. The minimum absolute atomic E-state index is 0.0350. The summed E-state index contributed by atoms with van der Waals surface area (Å²) in [4.78, 5) is 41.8. The molecule has 0 radical (unpaired) electrons. The molecule has 45 heavy (non-hydrogen) atoms. The van der Waals surface area contributed by atoms with E-state index in [-0.39, 0.29) is 29.5 Å². The van der Waals surface area contributed by atoms with Crippen LogP contribution in [0, 0.1) is 0 Å². The number of nitrogens with zero attached hydrogens (tertiary/aromatic N) is 6. The zero-order valence-corrected chi connectivity index (χ0v) is 25.8. The van der Waals surface area contributed by atoms with E-state index in [0.29, 0.717) is 11.0 Å². The standard InChI is InChI=1S/C22H27N9O11P2S/c1-43(45)37-5-10-14(13(33)20(40-10)30-3-2-8-16(23)25-6-26-17(8)30)42-44(35,36)38-4-9-12(32)15(41-43)21(39-9)31-7-27-11-18(31)28-22(24)29-19(11)34/h2-3,6-7,9-10,12-15,20-21,32-33,45H,4-5H2,1H3,(H5-,23,24,25,26,28,29,34,35,36)/p+1/t9-,10-,12?,13?,14?,15?,20-,21-,43?/m1/s1. The first-order valence-electron chi connectivity index (χ1n) is 13.4. The van der Waals surface area contributed by atoms with E-state index in [4.69, 9.17) is 39.0 Å². The molecule has 3 saturated heterocycles. The monoisotopic (exact) mass is 688 g/mol. The van der Waals surface area contributed by atoms with Gasteiger partial charge in [0.15, 0.2) is 29.7 Å². The molecule has 7 rings (SSSR count). The predicted molar refractivity (Wildman–Crippen MR) is 158 cm³/mol. The van der Waals surface area contributed by atoms with Gasteiger partial charge in [-0.25, -0.2) is 19.5 Å². The second kappa shape index (κ2) is 11.2. The fraction of sp³-hybridized carbons (Fsp3) is 0.500. The molecule has 4 aromatic rings. The van der Waals surface area contributed by atoms with Crippen molar-refractivity contribution in [2.24, 2.45) is 0 Å². The Bertz CT molecular complexity index is 1870. The zero-order chi connectivity index (χ0) is 31.8. The number of anilines is 2. The minimum atomic E-state index is -4.93. The number of ether oxygens (including phenoxy) is 2. The summed E-state index contributed by atoms with van der Waals surface area (Å²) in [5, 5.41) is 23.0. The molecule has 0 aliphatic carbocycles. The summed E-state index contributed by atoms with van der Waals surface area (Å²) in [6, 6.07) is 1.64. The summed E-state index contributed by atoms with van der Waals surface area (Å²) in [6.45, 7) is -2.59. The average molecular weight is 689 g/mol. The number of hydrogen-bond donors (Lipinski definition) is 7. The number of phosphoric acid groups is 1. The normalized spacial score (nSPS) is 37.7. The van der Waals surface area contributed by atoms with Gasteiger partial charge in [-0.2, -0.15) is 14.0 Å². The number of rotatable bonds is 2. The summed E-state index contributed by atoms with van der Waals surface area (Å²) in [5.41, 5.74) is 11.4. The van der Waals surface area contributed by atoms with Crippen molar-refractivity contribution in [3.8, 4) is 0 Å². The van der Waals surface area contributed by atoms with Crippen molar-refractivity contribution >= 4 is 61.0 Å². The highest BCUT2D eigenvalue weighted by Crippen LogP contribution is 2.65. The first-order chi connectivity index (χ1) is 21.3. The molecule has 3 aliphatic heterocycles. The lowest BCUT2D eigenvalue weighted by Crippen LogP contribution is -2.36. The highest BCUT2D eigenvalue weighted by atomic mass is 32.7. The van der Waals surface area contributed by atoms with Gasteiger partial charge in [0.1, 0.15) is 61.6 Å². The Labute approximate surface area is 257 Å². The van der Waals surface area contributed by atoms with Crippen LogP contribution in [0.5, 0.6) is 0 Å². The van der Waals surface area contributed by atoms with Crippen molar-refractivity contribution < 1.29 is 47.2 Å². The van der Waals surface area contributed by atoms with Crippen molar-refractivity contribution in [1.82, 2.24) is 34.1 Å². The van der Waals surface area contributed by atoms with Crippen LogP contribution in [0.15, 0.2) is 29.7 Å². The van der Waals surface area contributed by atoms with Crippen molar-refractivity contribution in [3.05, 3.63) is 35.3 Å². The lowest BCUT2D eigenvalue weighted by Gasteiger charge is -2.26. The molecule has 0 aromatic carbocycles. The SMILES string of the molecule is C[P+]1(S)OC[C@H]2O[C@@H](n3ccc4c(N)ncnc43)C(O)C2OP(=O)(O)OC[C@H]2O[C@@H](n3cnc4c(=O)[nH]c(N)nc43)C(O1)C2O. The molecule has 20 nitrogen and oxygen atoms in total. The van der Waals surface area contributed by atoms with Crippen LogP contribution in [0.25, 0.3) is 22.2 Å². The third kappa shape index (κ3) is 5.52. The minimum Gasteiger partial charge on any atom is -0.387 e. The van der Waals surface area contributed by atoms with Gasteiger partial charge < -0.3 is 40.6 Å². The van der Waals surface area contributed by atoms with Crippen LogP contribution in [0.4, 0.5) is 11.8 Å². The second-order valence-electron chi connectivity index (χ2n) is 10.6. The molecule has 3 aliphatic rings. The van der Waals surface area contributed by atoms with Gasteiger partial charge in [0.25, 0.3) is 5.56 Å². The molecule has 2 bridgehead atoms. The molecule has 0 spiro atoms. The van der Waals surface area contributed by atoms with Crippen molar-refractivity contribution in [1.29, 1.82) is 0 Å². The number of nitrogens with two attached hydrogens (primary N) is 2. The number of fused-ring (bicyclic) bond motifs is 5. The molecule has 10 atom stereocenters. The third-order valence-corrected chi connectivity index (χ3v) is 10.5. The van der Waals surface area contributed by atoms with Gasteiger partial charge in [0.05, 0.1) is 30.6 Å². The van der Waals surface area contributed by atoms with E-state index in [1.165, 1.54) is 21.8 Å². The van der Waals surface area contributed by atoms with Crippen LogP contribution in [-0.2, 0) is 32.1 Å². The first-order valence-corrected chi connectivity index (χ1v) is 18.1. The van der Waals surface area contributed by atoms with Gasteiger partial charge in [-0.05, 0) is 6.07 Å². The highest BCUT2D eigenvalue weighted by molar-refractivity contribution is 8.49. The molecule has 4 aromatic heterocycles. The molecule has 6 unspecified atom stereocenters. The van der Waals surface area contributed by atoms with Crippen LogP contribution in [0.1, 0.15) is 12.5 Å². The van der Waals surface area contributed by atoms with Gasteiger partial charge in [-0.1, -0.05) is 0 Å². The summed E-state index contributed by atoms with van der Waals surface area (Å²) in [5.74, 6) is 0.0254. The van der Waals surface area contributed by atoms with E-state index >= 15 is 0 Å². The van der Waals surface area contributed by atoms with Crippen LogP contribution in [0.2, 0.25) is 0 Å². The molecule has 0 saturated carbocycles. The Balaban J connectivity index is 1.20. The second-order valence-corrected chi connectivity index (χ2v) is 16.3. The van der Waals surface area contributed by atoms with Crippen LogP contribution in [0.3, 0.4) is 0 Å². The number of aromatic amines is 1. The molecule has 3 fully saturated rings. The molecule has 0 amide bonds. The van der Waals surface area contributed by atoms with E-state index in [0.717, 1.165) is 0 Å². The zero-order valence-electron chi connectivity index (χ0n) is 23.1. The molecular weight excluding hydrogens is 660 g/mol. The van der Waals surface area contributed by atoms with Crippen molar-refractivity contribution in [2.45, 2.75) is 49.1 Å². The van der Waals surface area contributed by atoms with E-state index < -0.39 is 76.0 Å². The number of imidazole rings is 1. The van der Waals surface area contributed by atoms with Crippen molar-refractivity contribution in [3.63, 3.8) is 0 Å². The molecule has 23 heteroatoms. The quantitative estimate of drug-likeness (QED) is 0.103. The van der Waals surface area contributed by atoms with E-state index in [9.17, 15) is 24.5 Å². The lowest BCUT2D eigenvalue weighted by molar-refractivity contribution is -0.0609. The van der Waals surface area contributed by atoms with Gasteiger partial charge in [-0.3, -0.25) is 23.4 Å². The fourth-order valence-electron chi connectivity index (χ4n) is 5.55. The van der Waals surface area contributed by atoms with Crippen molar-refractivity contribution in [2.75, 3.05) is 31.3 Å². The van der Waals surface area contributed by atoms with Gasteiger partial charge in [0.2, 0.25) is 5.95 Å². The van der Waals surface area contributed by atoms with E-state index in [1.54, 1.807) is 18.9 Å². The molecule has 242 valence electrons. The maximum atomic E-state index is 13.2. The smallest absolute Gasteiger partial charge is 0.387 e. The Hall–Kier alpha value is -2.78. The summed E-state index contributed by atoms with van der Waals surface area (Å²) in [6.07, 6.45) is -6.24. The Morgan fingerprint density at radius 3 is 2.64 bits per heavy atom. The van der Waals surface area contributed by atoms with E-state index in [2.05, 4.69) is 37.2 Å². The molecule has 8 N–H and O–H groups in total. The topological polar surface area (TPSA) is 279 Å². The largest absolute Gasteiger partial charge is 0.472 e. The fourth-order valence-corrected chi connectivity index (χ4v) is 8.21. The number of hydrogen-bond acceptors (Lipinski definition) is 17. The van der Waals surface area contributed by atoms with Gasteiger partial charge in [0, 0.05) is 6.20 Å². The molecule has 7 heterocycles. The van der Waals surface area contributed by atoms with Gasteiger partial charge in [-0.15, -0.1) is 0 Å². The number of aromatic nitrogens is 7. The average Bonchev–Trinajstić information content (AvgIpc) is 3.72. The predicted octanol–water partition coefficient (Wildman–Crippen LogP) is -0.515. The lowest BCUT2D eigenvalue weighted by atomic mass is 10.1. The number of phosphoric ester groups is 1. The summed E-state index contributed by atoms with van der Waals surface area (Å²) >= 11 is 4.61. The van der Waals surface area contributed by atoms with Crippen LogP contribution in [-0.4, -0.2) is 106 Å². The summed E-state index contributed by atoms with van der Waals surface area (Å²) in [7, 11) is -4.93. The number of nitrogens with one attached hydrogen (secondary N) is 1. The van der Waals surface area contributed by atoms with Crippen LogP contribution < -0.4 is 17.0 Å². The Morgan fingerprint density at radius 2 is 1.84 bits per heavy atom. The molecular formula is C22H28N9O11P2S+. The maximum absolute atomic E-state index is 13.2. The first kappa shape index (κ1) is 30.9. The maximum Gasteiger partial charge on any atom is 0.472 e. The number of thiol groups is 1. The highest BCUT2D eigenvalue weighted by Gasteiger charge is 2.56. The number of nitrogen functional groups attached to an aromatic ring is 2. The Kier molecular flexibility index (Phi) is 7.67. The Morgan fingerprint density at radius 1 is 1.07 bits per heavy atom. The van der Waals surface area contributed by atoms with E-state index in [1.807, 2.05) is 0 Å². The summed E-state index contributed by atoms with van der Waals surface area (Å²) < 4.78 is 51.0.